The molecule has 0 aromatic heterocycles. The normalized spacial score (nSPS) is 12.8. The van der Waals surface area contributed by atoms with Crippen LogP contribution in [0, 0.1) is 6.92 Å². The van der Waals surface area contributed by atoms with Gasteiger partial charge in [0.25, 0.3) is 5.91 Å². The van der Waals surface area contributed by atoms with Gasteiger partial charge < -0.3 is 10.2 Å². The van der Waals surface area contributed by atoms with Gasteiger partial charge in [0.2, 0.25) is 0 Å². The van der Waals surface area contributed by atoms with Crippen molar-refractivity contribution < 1.29 is 13.2 Å². The van der Waals surface area contributed by atoms with E-state index in [9.17, 15) is 13.2 Å². The van der Waals surface area contributed by atoms with Crippen molar-refractivity contribution in [2.24, 2.45) is 0 Å². The first-order valence-corrected chi connectivity index (χ1v) is 9.89. The zero-order chi connectivity index (χ0) is 18.6. The standard InChI is InChI=1S/C19H24N2O3S/c1-14-10-11-16(25(4,23)24)12-17(14)19(22)20-13-18(21(2)3)15-8-6-5-7-9-15/h5-12,18H,13H2,1-4H3,(H,20,22). The number of nitrogens with one attached hydrogen (secondary N) is 1. The predicted octanol–water partition coefficient (Wildman–Crippen LogP) is 2.43. The second-order valence-electron chi connectivity index (χ2n) is 6.35. The number of likely N-dealkylation sites (N-methyl/N-ethyl adjacent to an activating group) is 1. The number of benzene rings is 2. The molecule has 6 heteroatoms. The first-order chi connectivity index (χ1) is 11.7. The Morgan fingerprint density at radius 2 is 1.76 bits per heavy atom. The number of hydrogen-bond acceptors (Lipinski definition) is 4. The Morgan fingerprint density at radius 1 is 1.12 bits per heavy atom. The molecule has 2 aromatic rings. The lowest BCUT2D eigenvalue weighted by Crippen LogP contribution is -2.34. The number of hydrogen-bond donors (Lipinski definition) is 1. The Balaban J connectivity index is 2.19. The predicted molar refractivity (Wildman–Crippen MR) is 99.5 cm³/mol. The quantitative estimate of drug-likeness (QED) is 0.859. The third-order valence-corrected chi connectivity index (χ3v) is 5.26. The van der Waals surface area contributed by atoms with Crippen molar-refractivity contribution in [1.29, 1.82) is 0 Å². The minimum Gasteiger partial charge on any atom is -0.350 e. The molecule has 0 aliphatic rings. The monoisotopic (exact) mass is 360 g/mol. The van der Waals surface area contributed by atoms with E-state index in [1.54, 1.807) is 13.0 Å². The van der Waals surface area contributed by atoms with E-state index in [-0.39, 0.29) is 16.8 Å². The van der Waals surface area contributed by atoms with E-state index >= 15 is 0 Å². The second-order valence-corrected chi connectivity index (χ2v) is 8.36. The van der Waals surface area contributed by atoms with Crippen molar-refractivity contribution in [3.05, 3.63) is 65.2 Å². The fraction of sp³-hybridized carbons (Fsp3) is 0.316. The first-order valence-electron chi connectivity index (χ1n) is 8.00. The van der Waals surface area contributed by atoms with Crippen molar-refractivity contribution >= 4 is 15.7 Å². The molecule has 1 N–H and O–H groups in total. The molecule has 2 aromatic carbocycles. The maximum absolute atomic E-state index is 12.6. The zero-order valence-corrected chi connectivity index (χ0v) is 15.8. The first kappa shape index (κ1) is 19.1. The minimum atomic E-state index is -3.35. The van der Waals surface area contributed by atoms with Gasteiger partial charge in [0, 0.05) is 18.4 Å². The van der Waals surface area contributed by atoms with Crippen molar-refractivity contribution in [3.63, 3.8) is 0 Å². The number of aryl methyl sites for hydroxylation is 1. The number of nitrogens with zero attached hydrogens (tertiary/aromatic N) is 1. The molecule has 1 unspecified atom stereocenters. The fourth-order valence-corrected chi connectivity index (χ4v) is 3.28. The number of rotatable bonds is 6. The maximum Gasteiger partial charge on any atom is 0.251 e. The summed E-state index contributed by atoms with van der Waals surface area (Å²) in [6.45, 7) is 2.22. The minimum absolute atomic E-state index is 0.0311. The summed E-state index contributed by atoms with van der Waals surface area (Å²) in [7, 11) is 0.564. The molecule has 2 rings (SSSR count). The van der Waals surface area contributed by atoms with Crippen LogP contribution >= 0.6 is 0 Å². The molecule has 0 saturated heterocycles. The summed E-state index contributed by atoms with van der Waals surface area (Å²) in [5, 5.41) is 2.92. The Bertz CT molecular complexity index is 846. The average molecular weight is 360 g/mol. The highest BCUT2D eigenvalue weighted by atomic mass is 32.2. The Hall–Kier alpha value is -2.18. The van der Waals surface area contributed by atoms with Gasteiger partial charge in [-0.05, 0) is 44.3 Å². The molecule has 0 saturated carbocycles. The summed E-state index contributed by atoms with van der Waals surface area (Å²) in [6, 6.07) is 14.6. The molecule has 0 aliphatic carbocycles. The van der Waals surface area contributed by atoms with Crippen molar-refractivity contribution in [1.82, 2.24) is 10.2 Å². The lowest BCUT2D eigenvalue weighted by molar-refractivity contribution is 0.0941. The van der Waals surface area contributed by atoms with Gasteiger partial charge in [0.05, 0.1) is 10.9 Å². The van der Waals surface area contributed by atoms with E-state index in [1.807, 2.05) is 49.3 Å². The van der Waals surface area contributed by atoms with E-state index in [4.69, 9.17) is 0 Å². The molecule has 0 radical (unpaired) electrons. The number of carbonyl (C=O) groups is 1. The smallest absolute Gasteiger partial charge is 0.251 e. The summed E-state index contributed by atoms with van der Waals surface area (Å²) < 4.78 is 23.4. The summed E-state index contributed by atoms with van der Waals surface area (Å²) >= 11 is 0. The molecule has 134 valence electrons. The molecular formula is C19H24N2O3S. The summed E-state index contributed by atoms with van der Waals surface area (Å²) in [5.41, 5.74) is 2.23. The molecule has 25 heavy (non-hydrogen) atoms. The molecule has 0 aliphatic heterocycles. The molecule has 0 spiro atoms. The largest absolute Gasteiger partial charge is 0.350 e. The van der Waals surface area contributed by atoms with Crippen LogP contribution in [0.2, 0.25) is 0 Å². The molecule has 0 heterocycles. The Morgan fingerprint density at radius 3 is 2.32 bits per heavy atom. The van der Waals surface area contributed by atoms with Crippen molar-refractivity contribution in [2.45, 2.75) is 17.9 Å². The number of carbonyl (C=O) groups excluding carboxylic acids is 1. The topological polar surface area (TPSA) is 66.5 Å². The summed E-state index contributed by atoms with van der Waals surface area (Å²) in [6.07, 6.45) is 1.14. The van der Waals surface area contributed by atoms with Crippen LogP contribution in [0.3, 0.4) is 0 Å². The van der Waals surface area contributed by atoms with E-state index in [0.717, 1.165) is 17.4 Å². The molecule has 0 bridgehead atoms. The Labute approximate surface area is 149 Å². The highest BCUT2D eigenvalue weighted by Gasteiger charge is 2.18. The van der Waals surface area contributed by atoms with Crippen LogP contribution in [0.25, 0.3) is 0 Å². The third kappa shape index (κ3) is 4.90. The van der Waals surface area contributed by atoms with Gasteiger partial charge in [0.1, 0.15) is 0 Å². The van der Waals surface area contributed by atoms with Gasteiger partial charge >= 0.3 is 0 Å². The van der Waals surface area contributed by atoms with E-state index < -0.39 is 9.84 Å². The van der Waals surface area contributed by atoms with Crippen LogP contribution in [0.15, 0.2) is 53.4 Å². The van der Waals surface area contributed by atoms with E-state index in [1.165, 1.54) is 12.1 Å². The summed E-state index contributed by atoms with van der Waals surface area (Å²) in [4.78, 5) is 14.8. The van der Waals surface area contributed by atoms with Gasteiger partial charge in [-0.25, -0.2) is 8.42 Å². The highest BCUT2D eigenvalue weighted by Crippen LogP contribution is 2.18. The van der Waals surface area contributed by atoms with Gasteiger partial charge in [-0.15, -0.1) is 0 Å². The number of amides is 1. The molecule has 1 amide bonds. The lowest BCUT2D eigenvalue weighted by Gasteiger charge is -2.25. The molecule has 5 nitrogen and oxygen atoms in total. The van der Waals surface area contributed by atoms with Gasteiger partial charge in [-0.3, -0.25) is 4.79 Å². The van der Waals surface area contributed by atoms with Crippen LogP contribution < -0.4 is 5.32 Å². The average Bonchev–Trinajstić information content (AvgIpc) is 2.54. The van der Waals surface area contributed by atoms with Crippen LogP contribution in [0.1, 0.15) is 27.5 Å². The maximum atomic E-state index is 12.6. The SMILES string of the molecule is Cc1ccc(S(C)(=O)=O)cc1C(=O)NCC(c1ccccc1)N(C)C. The van der Waals surface area contributed by atoms with E-state index in [0.29, 0.717) is 12.1 Å². The lowest BCUT2D eigenvalue weighted by atomic mass is 10.1. The van der Waals surface area contributed by atoms with Gasteiger partial charge in [-0.1, -0.05) is 36.4 Å². The Kier molecular flexibility index (Phi) is 5.98. The van der Waals surface area contributed by atoms with Crippen LogP contribution in [0.4, 0.5) is 0 Å². The van der Waals surface area contributed by atoms with Gasteiger partial charge in [0.15, 0.2) is 9.84 Å². The molecule has 0 fully saturated rings. The van der Waals surface area contributed by atoms with Crippen LogP contribution in [-0.4, -0.2) is 46.1 Å². The molecule has 1 atom stereocenters. The van der Waals surface area contributed by atoms with E-state index in [2.05, 4.69) is 5.32 Å². The highest BCUT2D eigenvalue weighted by molar-refractivity contribution is 7.90. The second kappa shape index (κ2) is 7.80. The van der Waals surface area contributed by atoms with Crippen molar-refractivity contribution in [3.8, 4) is 0 Å². The van der Waals surface area contributed by atoms with Gasteiger partial charge in [-0.2, -0.15) is 0 Å². The van der Waals surface area contributed by atoms with Crippen molar-refractivity contribution in [2.75, 3.05) is 26.9 Å². The van der Waals surface area contributed by atoms with Crippen LogP contribution in [-0.2, 0) is 9.84 Å². The van der Waals surface area contributed by atoms with Crippen LogP contribution in [0.5, 0.6) is 0 Å². The number of sulfone groups is 1. The fourth-order valence-electron chi connectivity index (χ4n) is 2.63. The third-order valence-electron chi connectivity index (χ3n) is 4.15. The summed E-state index contributed by atoms with van der Waals surface area (Å²) in [5.74, 6) is -0.272. The molecular weight excluding hydrogens is 336 g/mol. The zero-order valence-electron chi connectivity index (χ0n) is 15.0.